The van der Waals surface area contributed by atoms with Crippen LogP contribution in [-0.2, 0) is 5.41 Å². The van der Waals surface area contributed by atoms with E-state index in [1.807, 2.05) is 66.7 Å². The molecule has 0 spiro atoms. The van der Waals surface area contributed by atoms with Crippen molar-refractivity contribution in [1.29, 1.82) is 0 Å². The Labute approximate surface area is 196 Å². The van der Waals surface area contributed by atoms with Crippen molar-refractivity contribution in [1.82, 2.24) is 0 Å². The summed E-state index contributed by atoms with van der Waals surface area (Å²) in [7, 11) is 3.30. The van der Waals surface area contributed by atoms with Gasteiger partial charge in [-0.25, -0.2) is 0 Å². The van der Waals surface area contributed by atoms with Crippen molar-refractivity contribution >= 4 is 0 Å². The van der Waals surface area contributed by atoms with Gasteiger partial charge >= 0.3 is 0 Å². The molecule has 3 aromatic carbocycles. The lowest BCUT2D eigenvalue weighted by Crippen LogP contribution is -2.60. The molecule has 1 aliphatic rings. The van der Waals surface area contributed by atoms with Crippen molar-refractivity contribution in [2.24, 2.45) is 0 Å². The molecule has 0 heterocycles. The molecule has 0 bridgehead atoms. The highest BCUT2D eigenvalue weighted by Crippen LogP contribution is 2.52. The van der Waals surface area contributed by atoms with Crippen LogP contribution in [0.2, 0.25) is 0 Å². The minimum Gasteiger partial charge on any atom is -0.497 e. The predicted molar refractivity (Wildman–Crippen MR) is 131 cm³/mol. The molecule has 0 radical (unpaired) electrons. The van der Waals surface area contributed by atoms with Gasteiger partial charge in [0, 0.05) is 0 Å². The first-order chi connectivity index (χ1) is 16.1. The van der Waals surface area contributed by atoms with E-state index in [9.17, 15) is 10.2 Å². The molecule has 1 saturated carbocycles. The summed E-state index contributed by atoms with van der Waals surface area (Å²) < 4.78 is 10.8. The van der Waals surface area contributed by atoms with Crippen LogP contribution in [0.3, 0.4) is 0 Å². The standard InChI is InChI=1S/C29H34O4/c1-32-25-17-13-23(14-18-25)29(22-10-6-5-7-11-22,24-15-19-26(33-2)20-16-24)28(31)21-9-4-3-8-12-27(28)30/h5-7,10-11,13-20,27,30-31H,3-4,8-9,12,21H2,1-2H3. The predicted octanol–water partition coefficient (Wildman–Crippen LogP) is 5.48. The Morgan fingerprint density at radius 2 is 1.18 bits per heavy atom. The summed E-state index contributed by atoms with van der Waals surface area (Å²) in [5, 5.41) is 24.2. The van der Waals surface area contributed by atoms with Gasteiger partial charge in [-0.15, -0.1) is 0 Å². The molecule has 174 valence electrons. The van der Waals surface area contributed by atoms with Gasteiger partial charge in [0.1, 0.15) is 17.1 Å². The highest BCUT2D eigenvalue weighted by molar-refractivity contribution is 5.56. The van der Waals surface area contributed by atoms with Crippen LogP contribution in [0, 0.1) is 0 Å². The summed E-state index contributed by atoms with van der Waals surface area (Å²) in [6, 6.07) is 25.8. The Balaban J connectivity index is 2.06. The van der Waals surface area contributed by atoms with E-state index in [1.165, 1.54) is 0 Å². The lowest BCUT2D eigenvalue weighted by atomic mass is 9.55. The quantitative estimate of drug-likeness (QED) is 0.492. The zero-order valence-corrected chi connectivity index (χ0v) is 19.5. The van der Waals surface area contributed by atoms with Gasteiger partial charge in [-0.05, 0) is 53.8 Å². The fraction of sp³-hybridized carbons (Fsp3) is 0.379. The second kappa shape index (κ2) is 9.98. The number of ether oxygens (including phenoxy) is 2. The molecule has 1 fully saturated rings. The number of hydrogen-bond acceptors (Lipinski definition) is 4. The lowest BCUT2D eigenvalue weighted by molar-refractivity contribution is -0.120. The molecule has 1 aliphatic carbocycles. The van der Waals surface area contributed by atoms with Crippen LogP contribution < -0.4 is 9.47 Å². The number of aliphatic hydroxyl groups is 2. The summed E-state index contributed by atoms with van der Waals surface area (Å²) in [4.78, 5) is 0. The summed E-state index contributed by atoms with van der Waals surface area (Å²) in [6.07, 6.45) is 4.08. The smallest absolute Gasteiger partial charge is 0.118 e. The summed E-state index contributed by atoms with van der Waals surface area (Å²) in [5.74, 6) is 1.50. The van der Waals surface area contributed by atoms with Gasteiger partial charge in [0.2, 0.25) is 0 Å². The number of benzene rings is 3. The zero-order chi connectivity index (χ0) is 23.3. The Bertz CT molecular complexity index is 966. The van der Waals surface area contributed by atoms with Crippen molar-refractivity contribution in [2.45, 2.75) is 55.6 Å². The molecule has 0 amide bonds. The zero-order valence-electron chi connectivity index (χ0n) is 19.5. The van der Waals surface area contributed by atoms with Gasteiger partial charge in [-0.2, -0.15) is 0 Å². The van der Waals surface area contributed by atoms with E-state index >= 15 is 0 Å². The SMILES string of the molecule is COc1ccc(C(c2ccccc2)(c2ccc(OC)cc2)C2(O)CCCCCCC2O)cc1. The number of hydrogen-bond donors (Lipinski definition) is 2. The lowest BCUT2D eigenvalue weighted by Gasteiger charge is -2.52. The molecular weight excluding hydrogens is 412 g/mol. The topological polar surface area (TPSA) is 58.9 Å². The van der Waals surface area contributed by atoms with E-state index in [-0.39, 0.29) is 0 Å². The Hall–Kier alpha value is -2.82. The van der Waals surface area contributed by atoms with Crippen molar-refractivity contribution in [3.63, 3.8) is 0 Å². The number of rotatable bonds is 6. The van der Waals surface area contributed by atoms with Crippen molar-refractivity contribution in [3.05, 3.63) is 95.6 Å². The van der Waals surface area contributed by atoms with Crippen LogP contribution in [0.25, 0.3) is 0 Å². The second-order valence-corrected chi connectivity index (χ2v) is 8.97. The van der Waals surface area contributed by atoms with Crippen molar-refractivity contribution < 1.29 is 19.7 Å². The fourth-order valence-corrected chi connectivity index (χ4v) is 5.55. The first kappa shape index (κ1) is 23.3. The number of aliphatic hydroxyl groups excluding tert-OH is 1. The van der Waals surface area contributed by atoms with Gasteiger partial charge in [-0.3, -0.25) is 0 Å². The van der Waals surface area contributed by atoms with E-state index in [1.54, 1.807) is 14.2 Å². The average Bonchev–Trinajstić information content (AvgIpc) is 2.87. The monoisotopic (exact) mass is 446 g/mol. The van der Waals surface area contributed by atoms with Crippen LogP contribution in [0.15, 0.2) is 78.9 Å². The first-order valence-corrected chi connectivity index (χ1v) is 11.8. The molecule has 2 unspecified atom stereocenters. The Kier molecular flexibility index (Phi) is 7.06. The minimum absolute atomic E-state index is 0.501. The third-order valence-corrected chi connectivity index (χ3v) is 7.24. The maximum Gasteiger partial charge on any atom is 0.118 e. The molecule has 4 nitrogen and oxygen atoms in total. The third-order valence-electron chi connectivity index (χ3n) is 7.24. The van der Waals surface area contributed by atoms with Gasteiger partial charge < -0.3 is 19.7 Å². The average molecular weight is 447 g/mol. The molecule has 33 heavy (non-hydrogen) atoms. The van der Waals surface area contributed by atoms with E-state index in [4.69, 9.17) is 9.47 Å². The van der Waals surface area contributed by atoms with Crippen LogP contribution in [-0.4, -0.2) is 36.1 Å². The van der Waals surface area contributed by atoms with Crippen LogP contribution in [0.1, 0.15) is 55.2 Å². The normalized spacial score (nSPS) is 21.6. The van der Waals surface area contributed by atoms with Crippen molar-refractivity contribution in [2.75, 3.05) is 14.2 Å². The molecule has 0 aromatic heterocycles. The summed E-state index contributed by atoms with van der Waals surface area (Å²) >= 11 is 0. The van der Waals surface area contributed by atoms with Gasteiger partial charge in [0.15, 0.2) is 0 Å². The summed E-state index contributed by atoms with van der Waals surface area (Å²) in [5.41, 5.74) is 0.396. The molecule has 4 heteroatoms. The van der Waals surface area contributed by atoms with E-state index in [2.05, 4.69) is 12.1 Å². The molecule has 3 aromatic rings. The van der Waals surface area contributed by atoms with E-state index in [0.717, 1.165) is 53.9 Å². The largest absolute Gasteiger partial charge is 0.497 e. The van der Waals surface area contributed by atoms with Gasteiger partial charge in [0.05, 0.1) is 25.7 Å². The minimum atomic E-state index is -1.40. The van der Waals surface area contributed by atoms with Crippen molar-refractivity contribution in [3.8, 4) is 11.5 Å². The second-order valence-electron chi connectivity index (χ2n) is 8.97. The van der Waals surface area contributed by atoms with E-state index in [0.29, 0.717) is 12.8 Å². The number of methoxy groups -OCH3 is 2. The molecule has 0 saturated heterocycles. The molecular formula is C29H34O4. The Morgan fingerprint density at radius 3 is 1.70 bits per heavy atom. The van der Waals surface area contributed by atoms with Crippen LogP contribution >= 0.6 is 0 Å². The Morgan fingerprint density at radius 1 is 0.697 bits per heavy atom. The van der Waals surface area contributed by atoms with Gasteiger partial charge in [0.25, 0.3) is 0 Å². The summed E-state index contributed by atoms with van der Waals surface area (Å²) in [6.45, 7) is 0. The molecule has 2 N–H and O–H groups in total. The van der Waals surface area contributed by atoms with Crippen LogP contribution in [0.4, 0.5) is 0 Å². The maximum atomic E-state index is 12.7. The molecule has 4 rings (SSSR count). The molecule has 0 aliphatic heterocycles. The van der Waals surface area contributed by atoms with Gasteiger partial charge in [-0.1, -0.05) is 80.3 Å². The first-order valence-electron chi connectivity index (χ1n) is 11.8. The highest BCUT2D eigenvalue weighted by Gasteiger charge is 2.57. The molecule has 2 atom stereocenters. The highest BCUT2D eigenvalue weighted by atomic mass is 16.5. The third kappa shape index (κ3) is 4.14. The van der Waals surface area contributed by atoms with E-state index < -0.39 is 17.1 Å². The maximum absolute atomic E-state index is 12.7. The fourth-order valence-electron chi connectivity index (χ4n) is 5.55. The van der Waals surface area contributed by atoms with Crippen LogP contribution in [0.5, 0.6) is 11.5 Å².